The second kappa shape index (κ2) is 4.82. The number of carboxylic acid groups (broad SMARTS) is 1. The number of hydrogen-bond acceptors (Lipinski definition) is 4. The lowest BCUT2D eigenvalue weighted by Crippen LogP contribution is -2.25. The third kappa shape index (κ3) is 2.62. The minimum atomic E-state index is -1.15. The monoisotopic (exact) mass is 248 g/mol. The van der Waals surface area contributed by atoms with Gasteiger partial charge in [-0.05, 0) is 18.1 Å². The Morgan fingerprint density at radius 2 is 2.22 bits per heavy atom. The molecule has 0 aliphatic heterocycles. The van der Waals surface area contributed by atoms with Crippen molar-refractivity contribution in [2.45, 2.75) is 13.0 Å². The van der Waals surface area contributed by atoms with Gasteiger partial charge in [-0.2, -0.15) is 10.2 Å². The van der Waals surface area contributed by atoms with E-state index in [1.165, 1.54) is 12.1 Å². The van der Waals surface area contributed by atoms with E-state index in [4.69, 9.17) is 5.11 Å². The Morgan fingerprint density at radius 3 is 2.83 bits per heavy atom. The van der Waals surface area contributed by atoms with Gasteiger partial charge in [0.2, 0.25) is 0 Å². The molecule has 18 heavy (non-hydrogen) atoms. The highest BCUT2D eigenvalue weighted by Gasteiger charge is 2.07. The van der Waals surface area contributed by atoms with Crippen LogP contribution in [0.2, 0.25) is 0 Å². The first-order chi connectivity index (χ1) is 8.56. The van der Waals surface area contributed by atoms with Crippen LogP contribution < -0.4 is 5.56 Å². The molecule has 0 aliphatic rings. The van der Waals surface area contributed by atoms with Gasteiger partial charge in [0.05, 0.1) is 6.20 Å². The summed E-state index contributed by atoms with van der Waals surface area (Å²) in [5, 5.41) is 16.6. The molecule has 0 atom stereocenters. The zero-order chi connectivity index (χ0) is 13.1. The maximum atomic E-state index is 11.5. The molecular weight excluding hydrogens is 236 g/mol. The number of rotatable bonds is 4. The van der Waals surface area contributed by atoms with Gasteiger partial charge in [0.1, 0.15) is 0 Å². The average molecular weight is 248 g/mol. The van der Waals surface area contributed by atoms with Crippen molar-refractivity contribution in [2.24, 2.45) is 7.05 Å². The van der Waals surface area contributed by atoms with Crippen molar-refractivity contribution in [3.05, 3.63) is 46.1 Å². The Hall–Kier alpha value is -2.44. The van der Waals surface area contributed by atoms with Gasteiger partial charge in [-0.1, -0.05) is 0 Å². The molecule has 0 unspecified atom stereocenters. The molecule has 7 heteroatoms. The minimum absolute atomic E-state index is 0.138. The molecule has 2 aromatic heterocycles. The predicted molar refractivity (Wildman–Crippen MR) is 62.4 cm³/mol. The second-order valence-corrected chi connectivity index (χ2v) is 3.86. The van der Waals surface area contributed by atoms with Gasteiger partial charge >= 0.3 is 5.97 Å². The van der Waals surface area contributed by atoms with Crippen molar-refractivity contribution in [3.63, 3.8) is 0 Å². The molecule has 0 radical (unpaired) electrons. The number of hydrogen-bond donors (Lipinski definition) is 1. The van der Waals surface area contributed by atoms with E-state index in [-0.39, 0.29) is 11.3 Å². The minimum Gasteiger partial charge on any atom is -0.476 e. The van der Waals surface area contributed by atoms with E-state index in [2.05, 4.69) is 10.2 Å². The molecular formula is C11H12N4O3. The summed E-state index contributed by atoms with van der Waals surface area (Å²) in [5.74, 6) is -1.15. The van der Waals surface area contributed by atoms with Crippen LogP contribution in [0.5, 0.6) is 0 Å². The molecule has 1 N–H and O–H groups in total. The summed E-state index contributed by atoms with van der Waals surface area (Å²) in [5.41, 5.74) is 0.511. The van der Waals surface area contributed by atoms with Crippen LogP contribution in [0.25, 0.3) is 0 Å². The largest absolute Gasteiger partial charge is 0.476 e. The summed E-state index contributed by atoms with van der Waals surface area (Å²) in [7, 11) is 1.80. The normalized spacial score (nSPS) is 10.5. The SMILES string of the molecule is Cn1cc(CCn2nc(C(=O)O)ccc2=O)cn1. The number of carboxylic acids is 1. The van der Waals surface area contributed by atoms with E-state index in [9.17, 15) is 9.59 Å². The Bertz CT molecular complexity index is 629. The van der Waals surface area contributed by atoms with E-state index in [1.807, 2.05) is 6.20 Å². The highest BCUT2D eigenvalue weighted by Crippen LogP contribution is 1.99. The van der Waals surface area contributed by atoms with Crippen molar-refractivity contribution in [1.82, 2.24) is 19.6 Å². The quantitative estimate of drug-likeness (QED) is 0.817. The summed E-state index contributed by atoms with van der Waals surface area (Å²) in [6.45, 7) is 0.325. The number of nitrogens with zero attached hydrogens (tertiary/aromatic N) is 4. The molecule has 0 spiro atoms. The predicted octanol–water partition coefficient (Wildman–Crippen LogP) is -0.0823. The number of carbonyl (C=O) groups is 1. The lowest BCUT2D eigenvalue weighted by molar-refractivity contribution is 0.0687. The van der Waals surface area contributed by atoms with Crippen molar-refractivity contribution in [3.8, 4) is 0 Å². The lowest BCUT2D eigenvalue weighted by atomic mass is 10.2. The van der Waals surface area contributed by atoms with E-state index in [0.29, 0.717) is 13.0 Å². The highest BCUT2D eigenvalue weighted by molar-refractivity contribution is 5.84. The molecule has 94 valence electrons. The van der Waals surface area contributed by atoms with Gasteiger partial charge < -0.3 is 5.11 Å². The molecule has 7 nitrogen and oxygen atoms in total. The Labute approximate surface area is 102 Å². The van der Waals surface area contributed by atoms with Gasteiger partial charge in [0.25, 0.3) is 5.56 Å². The van der Waals surface area contributed by atoms with Crippen LogP contribution in [0.4, 0.5) is 0 Å². The summed E-state index contributed by atoms with van der Waals surface area (Å²) in [4.78, 5) is 22.3. The highest BCUT2D eigenvalue weighted by atomic mass is 16.4. The molecule has 0 aliphatic carbocycles. The van der Waals surface area contributed by atoms with E-state index >= 15 is 0 Å². The van der Waals surface area contributed by atoms with Gasteiger partial charge in [0.15, 0.2) is 5.69 Å². The van der Waals surface area contributed by atoms with Crippen LogP contribution in [-0.4, -0.2) is 30.6 Å². The first-order valence-electron chi connectivity index (χ1n) is 5.35. The molecule has 0 saturated carbocycles. The molecule has 2 heterocycles. The maximum absolute atomic E-state index is 11.5. The van der Waals surface area contributed by atoms with Crippen molar-refractivity contribution < 1.29 is 9.90 Å². The molecule has 0 saturated heterocycles. The average Bonchev–Trinajstić information content (AvgIpc) is 2.74. The molecule has 0 fully saturated rings. The first-order valence-corrected chi connectivity index (χ1v) is 5.35. The summed E-state index contributed by atoms with van der Waals surface area (Å²) in [6.07, 6.45) is 4.11. The fraction of sp³-hybridized carbons (Fsp3) is 0.273. The van der Waals surface area contributed by atoms with Crippen LogP contribution in [0.15, 0.2) is 29.3 Å². The van der Waals surface area contributed by atoms with Gasteiger partial charge in [-0.25, -0.2) is 9.48 Å². The lowest BCUT2D eigenvalue weighted by Gasteiger charge is -2.03. The zero-order valence-electron chi connectivity index (χ0n) is 9.78. The second-order valence-electron chi connectivity index (χ2n) is 3.86. The molecule has 2 aromatic rings. The number of aromatic carboxylic acids is 1. The van der Waals surface area contributed by atoms with Crippen LogP contribution in [0, 0.1) is 0 Å². The van der Waals surface area contributed by atoms with Crippen LogP contribution in [0.3, 0.4) is 0 Å². The van der Waals surface area contributed by atoms with Crippen LogP contribution in [0.1, 0.15) is 16.1 Å². The van der Waals surface area contributed by atoms with Crippen molar-refractivity contribution in [2.75, 3.05) is 0 Å². The van der Waals surface area contributed by atoms with E-state index in [1.54, 1.807) is 17.9 Å². The Morgan fingerprint density at radius 1 is 1.44 bits per heavy atom. The summed E-state index contributed by atoms with van der Waals surface area (Å²) in [6, 6.07) is 2.41. The van der Waals surface area contributed by atoms with Crippen molar-refractivity contribution >= 4 is 5.97 Å². The van der Waals surface area contributed by atoms with E-state index < -0.39 is 5.97 Å². The van der Waals surface area contributed by atoms with Gasteiger partial charge in [-0.15, -0.1) is 0 Å². The number of aromatic nitrogens is 4. The van der Waals surface area contributed by atoms with Gasteiger partial charge in [0, 0.05) is 25.9 Å². The Balaban J connectivity index is 2.16. The fourth-order valence-corrected chi connectivity index (χ4v) is 1.56. The summed E-state index contributed by atoms with van der Waals surface area (Å²) < 4.78 is 2.82. The van der Waals surface area contributed by atoms with Crippen LogP contribution in [-0.2, 0) is 20.0 Å². The fourth-order valence-electron chi connectivity index (χ4n) is 1.56. The smallest absolute Gasteiger partial charge is 0.356 e. The molecule has 2 rings (SSSR count). The van der Waals surface area contributed by atoms with Crippen LogP contribution >= 0.6 is 0 Å². The maximum Gasteiger partial charge on any atom is 0.356 e. The van der Waals surface area contributed by atoms with E-state index in [0.717, 1.165) is 10.2 Å². The third-order valence-electron chi connectivity index (χ3n) is 2.46. The molecule has 0 aromatic carbocycles. The standard InChI is InChI=1S/C11H12N4O3/c1-14-7-8(6-12-14)4-5-15-10(16)3-2-9(13-15)11(17)18/h2-3,6-7H,4-5H2,1H3,(H,17,18). The third-order valence-corrected chi connectivity index (χ3v) is 2.46. The van der Waals surface area contributed by atoms with Gasteiger partial charge in [-0.3, -0.25) is 9.48 Å². The Kier molecular flexibility index (Phi) is 3.22. The van der Waals surface area contributed by atoms with Crippen molar-refractivity contribution in [1.29, 1.82) is 0 Å². The number of aryl methyl sites for hydroxylation is 3. The molecule has 0 bridgehead atoms. The zero-order valence-corrected chi connectivity index (χ0v) is 9.78. The summed E-state index contributed by atoms with van der Waals surface area (Å²) >= 11 is 0. The first kappa shape index (κ1) is 12.0. The topological polar surface area (TPSA) is 90.0 Å². The molecule has 0 amide bonds.